The zero-order valence-electron chi connectivity index (χ0n) is 13.2. The van der Waals surface area contributed by atoms with Crippen molar-refractivity contribution in [2.24, 2.45) is 5.92 Å². The zero-order chi connectivity index (χ0) is 14.4. The lowest BCUT2D eigenvalue weighted by Gasteiger charge is -2.33. The summed E-state index contributed by atoms with van der Waals surface area (Å²) < 4.78 is 0. The molecule has 3 unspecified atom stereocenters. The van der Waals surface area contributed by atoms with Crippen LogP contribution in [-0.2, 0) is 4.79 Å². The summed E-state index contributed by atoms with van der Waals surface area (Å²) in [6.45, 7) is 8.64. The molecule has 2 aliphatic heterocycles. The Morgan fingerprint density at radius 1 is 1.25 bits per heavy atom. The first-order chi connectivity index (χ1) is 9.68. The van der Waals surface area contributed by atoms with Crippen molar-refractivity contribution in [2.45, 2.75) is 64.5 Å². The Balaban J connectivity index is 1.61. The molecule has 4 nitrogen and oxygen atoms in total. The van der Waals surface area contributed by atoms with Crippen LogP contribution in [0.1, 0.15) is 52.4 Å². The maximum Gasteiger partial charge on any atom is 0.237 e. The van der Waals surface area contributed by atoms with Gasteiger partial charge in [0.1, 0.15) is 0 Å². The third-order valence-electron chi connectivity index (χ3n) is 4.91. The third-order valence-corrected chi connectivity index (χ3v) is 4.91. The van der Waals surface area contributed by atoms with Gasteiger partial charge >= 0.3 is 0 Å². The number of rotatable bonds is 5. The van der Waals surface area contributed by atoms with Crippen LogP contribution in [0.25, 0.3) is 0 Å². The Morgan fingerprint density at radius 2 is 2.10 bits per heavy atom. The van der Waals surface area contributed by atoms with E-state index in [-0.39, 0.29) is 11.9 Å². The van der Waals surface area contributed by atoms with Gasteiger partial charge in [-0.25, -0.2) is 0 Å². The fourth-order valence-electron chi connectivity index (χ4n) is 3.49. The summed E-state index contributed by atoms with van der Waals surface area (Å²) in [5.41, 5.74) is 0. The number of hydrogen-bond acceptors (Lipinski definition) is 3. The minimum Gasteiger partial charge on any atom is -0.355 e. The molecule has 0 bridgehead atoms. The van der Waals surface area contributed by atoms with Gasteiger partial charge in [0, 0.05) is 19.1 Å². The average molecular weight is 281 g/mol. The van der Waals surface area contributed by atoms with Gasteiger partial charge in [0.05, 0.1) is 6.04 Å². The van der Waals surface area contributed by atoms with Crippen LogP contribution in [0.2, 0.25) is 0 Å². The van der Waals surface area contributed by atoms with Gasteiger partial charge in [0.2, 0.25) is 5.91 Å². The van der Waals surface area contributed by atoms with E-state index in [0.717, 1.165) is 38.5 Å². The predicted molar refractivity (Wildman–Crippen MR) is 82.7 cm³/mol. The first-order valence-corrected chi connectivity index (χ1v) is 8.43. The Labute approximate surface area is 123 Å². The van der Waals surface area contributed by atoms with E-state index >= 15 is 0 Å². The van der Waals surface area contributed by atoms with Gasteiger partial charge < -0.3 is 15.5 Å². The minimum atomic E-state index is 0.0256. The van der Waals surface area contributed by atoms with Crippen molar-refractivity contribution in [2.75, 3.05) is 26.2 Å². The summed E-state index contributed by atoms with van der Waals surface area (Å²) in [6, 6.07) is 0.747. The number of carbonyl (C=O) groups is 1. The second-order valence-corrected chi connectivity index (χ2v) is 6.58. The summed E-state index contributed by atoms with van der Waals surface area (Å²) in [5, 5.41) is 6.45. The predicted octanol–water partition coefficient (Wildman–Crippen LogP) is 1.76. The first kappa shape index (κ1) is 15.8. The highest BCUT2D eigenvalue weighted by molar-refractivity contribution is 5.82. The molecule has 2 N–H and O–H groups in total. The number of nitrogens with zero attached hydrogens (tertiary/aromatic N) is 1. The normalized spacial score (nSPS) is 32.0. The molecule has 2 aliphatic rings. The first-order valence-electron chi connectivity index (χ1n) is 8.43. The monoisotopic (exact) mass is 281 g/mol. The molecular weight excluding hydrogens is 250 g/mol. The zero-order valence-corrected chi connectivity index (χ0v) is 13.2. The van der Waals surface area contributed by atoms with Crippen LogP contribution in [0.15, 0.2) is 0 Å². The van der Waals surface area contributed by atoms with E-state index in [1.807, 2.05) is 0 Å². The van der Waals surface area contributed by atoms with Crippen molar-refractivity contribution in [3.8, 4) is 0 Å². The van der Waals surface area contributed by atoms with E-state index in [4.69, 9.17) is 0 Å². The molecule has 1 amide bonds. The average Bonchev–Trinajstić information content (AvgIpc) is 2.45. The molecule has 2 rings (SSSR count). The summed E-state index contributed by atoms with van der Waals surface area (Å²) >= 11 is 0. The number of nitrogens with one attached hydrogen (secondary N) is 2. The van der Waals surface area contributed by atoms with E-state index in [0.29, 0.717) is 5.92 Å². The van der Waals surface area contributed by atoms with Crippen molar-refractivity contribution in [1.82, 2.24) is 15.5 Å². The summed E-state index contributed by atoms with van der Waals surface area (Å²) in [4.78, 5) is 14.7. The molecule has 3 atom stereocenters. The lowest BCUT2D eigenvalue weighted by molar-refractivity contribution is -0.124. The molecule has 2 heterocycles. The van der Waals surface area contributed by atoms with E-state index in [1.54, 1.807) is 0 Å². The Hall–Kier alpha value is -0.610. The van der Waals surface area contributed by atoms with E-state index < -0.39 is 0 Å². The molecule has 2 fully saturated rings. The molecule has 0 radical (unpaired) electrons. The van der Waals surface area contributed by atoms with Gasteiger partial charge in [0.25, 0.3) is 0 Å². The van der Waals surface area contributed by atoms with Crippen LogP contribution >= 0.6 is 0 Å². The van der Waals surface area contributed by atoms with Crippen LogP contribution in [-0.4, -0.2) is 49.1 Å². The number of amides is 1. The molecule has 20 heavy (non-hydrogen) atoms. The quantitative estimate of drug-likeness (QED) is 0.755. The van der Waals surface area contributed by atoms with Crippen molar-refractivity contribution < 1.29 is 4.79 Å². The molecule has 116 valence electrons. The fourth-order valence-corrected chi connectivity index (χ4v) is 3.49. The lowest BCUT2D eigenvalue weighted by atomic mass is 9.92. The van der Waals surface area contributed by atoms with Crippen molar-refractivity contribution in [3.63, 3.8) is 0 Å². The molecule has 4 heteroatoms. The van der Waals surface area contributed by atoms with Gasteiger partial charge in [0.15, 0.2) is 0 Å². The standard InChI is InChI=1S/C16H31N3O/c1-13-7-5-9-17-15(13)16(20)18-10-6-12-19-11-4-3-8-14(19)2/h13-15,17H,3-12H2,1-2H3,(H,18,20). The molecule has 0 spiro atoms. The van der Waals surface area contributed by atoms with Gasteiger partial charge in [-0.05, 0) is 58.0 Å². The highest BCUT2D eigenvalue weighted by atomic mass is 16.2. The number of piperidine rings is 2. The second kappa shape index (κ2) is 7.99. The van der Waals surface area contributed by atoms with E-state index in [9.17, 15) is 4.79 Å². The number of carbonyl (C=O) groups excluding carboxylic acids is 1. The molecular formula is C16H31N3O. The largest absolute Gasteiger partial charge is 0.355 e. The molecule has 0 saturated carbocycles. The van der Waals surface area contributed by atoms with Crippen LogP contribution < -0.4 is 10.6 Å². The molecule has 2 saturated heterocycles. The van der Waals surface area contributed by atoms with Crippen molar-refractivity contribution in [3.05, 3.63) is 0 Å². The Morgan fingerprint density at radius 3 is 2.85 bits per heavy atom. The fraction of sp³-hybridized carbons (Fsp3) is 0.938. The minimum absolute atomic E-state index is 0.0256. The highest BCUT2D eigenvalue weighted by Gasteiger charge is 2.26. The molecule has 0 aromatic rings. The lowest BCUT2D eigenvalue weighted by Crippen LogP contribution is -2.51. The van der Waals surface area contributed by atoms with Gasteiger partial charge in [-0.15, -0.1) is 0 Å². The van der Waals surface area contributed by atoms with Gasteiger partial charge in [-0.3, -0.25) is 4.79 Å². The second-order valence-electron chi connectivity index (χ2n) is 6.58. The van der Waals surface area contributed by atoms with Gasteiger partial charge in [-0.2, -0.15) is 0 Å². The number of likely N-dealkylation sites (tertiary alicyclic amines) is 1. The maximum atomic E-state index is 12.1. The van der Waals surface area contributed by atoms with Crippen LogP contribution in [0.5, 0.6) is 0 Å². The van der Waals surface area contributed by atoms with Crippen LogP contribution in [0.4, 0.5) is 0 Å². The Kier molecular flexibility index (Phi) is 6.30. The molecule has 0 aromatic carbocycles. The van der Waals surface area contributed by atoms with Gasteiger partial charge in [-0.1, -0.05) is 13.3 Å². The van der Waals surface area contributed by atoms with Crippen molar-refractivity contribution >= 4 is 5.91 Å². The van der Waals surface area contributed by atoms with E-state index in [1.165, 1.54) is 32.2 Å². The summed E-state index contributed by atoms with van der Waals surface area (Å²) in [7, 11) is 0. The summed E-state index contributed by atoms with van der Waals surface area (Å²) in [6.07, 6.45) is 7.46. The molecule has 0 aliphatic carbocycles. The van der Waals surface area contributed by atoms with Crippen LogP contribution in [0, 0.1) is 5.92 Å². The topological polar surface area (TPSA) is 44.4 Å². The highest BCUT2D eigenvalue weighted by Crippen LogP contribution is 2.17. The summed E-state index contributed by atoms with van der Waals surface area (Å²) in [5.74, 6) is 0.662. The van der Waals surface area contributed by atoms with Crippen molar-refractivity contribution in [1.29, 1.82) is 0 Å². The van der Waals surface area contributed by atoms with E-state index in [2.05, 4.69) is 29.4 Å². The maximum absolute atomic E-state index is 12.1. The molecule has 0 aromatic heterocycles. The third kappa shape index (κ3) is 4.45. The SMILES string of the molecule is CC1CCCNC1C(=O)NCCCN1CCCCC1C. The number of hydrogen-bond donors (Lipinski definition) is 2. The smallest absolute Gasteiger partial charge is 0.237 e. The Bertz CT molecular complexity index is 308. The van der Waals surface area contributed by atoms with Crippen LogP contribution in [0.3, 0.4) is 0 Å².